The molecule has 12 nitrogen and oxygen atoms in total. The van der Waals surface area contributed by atoms with Crippen LogP contribution in [0, 0.1) is 24.7 Å². The van der Waals surface area contributed by atoms with Gasteiger partial charge in [0.1, 0.15) is 11.7 Å². The van der Waals surface area contributed by atoms with Crippen molar-refractivity contribution < 1.29 is 26.4 Å². The number of rotatable bonds is 6. The minimum atomic E-state index is -4.28. The highest BCUT2D eigenvalue weighted by Gasteiger charge is 2.61. The third kappa shape index (κ3) is 7.11. The van der Waals surface area contributed by atoms with Gasteiger partial charge in [-0.15, -0.1) is 0 Å². The summed E-state index contributed by atoms with van der Waals surface area (Å²) in [5.41, 5.74) is -1.91. The molecule has 2 atom stereocenters. The van der Waals surface area contributed by atoms with Crippen LogP contribution in [0.15, 0.2) is 68.3 Å². The number of sulfonamides is 2. The van der Waals surface area contributed by atoms with Crippen LogP contribution < -0.4 is 0 Å². The minimum Gasteiger partial charge on any atom is -0.290 e. The topological polar surface area (TPSA) is 140 Å². The molecule has 0 aromatic heterocycles. The molecular weight excluding hydrogens is 701 g/mol. The van der Waals surface area contributed by atoms with E-state index in [1.54, 1.807) is 52.0 Å². The highest BCUT2D eigenvalue weighted by Crippen LogP contribution is 2.43. The summed E-state index contributed by atoms with van der Waals surface area (Å²) in [5.74, 6) is -0.748. The van der Waals surface area contributed by atoms with Gasteiger partial charge in [-0.2, -0.15) is 8.61 Å². The fourth-order valence-corrected chi connectivity index (χ4v) is 10.4. The smallest absolute Gasteiger partial charge is 0.271 e. The number of hydrogen-bond acceptors (Lipinski definition) is 10. The largest absolute Gasteiger partial charge is 0.290 e. The number of carbonyl (C=O) groups excluding carboxylic acids is 2. The van der Waals surface area contributed by atoms with Gasteiger partial charge in [0.2, 0.25) is 11.8 Å². The summed E-state index contributed by atoms with van der Waals surface area (Å²) in [4.78, 5) is 42.4. The minimum absolute atomic E-state index is 0.0123. The number of piperazine rings is 1. The molecule has 14 heteroatoms. The molecule has 2 aromatic rings. The van der Waals surface area contributed by atoms with Gasteiger partial charge in [-0.3, -0.25) is 29.4 Å². The third-order valence-corrected chi connectivity index (χ3v) is 13.2. The monoisotopic (exact) mass is 754 g/mol. The molecule has 0 aliphatic carbocycles. The van der Waals surface area contributed by atoms with E-state index >= 15 is 0 Å². The average molecular weight is 755 g/mol. The lowest BCUT2D eigenvalue weighted by atomic mass is 9.83. The first-order chi connectivity index (χ1) is 23.7. The third-order valence-electron chi connectivity index (χ3n) is 9.84. The summed E-state index contributed by atoms with van der Waals surface area (Å²) in [6, 6.07) is 11.5. The van der Waals surface area contributed by atoms with Crippen molar-refractivity contribution in [3.8, 4) is 0 Å². The molecule has 0 spiro atoms. The molecule has 2 aromatic carbocycles. The van der Waals surface area contributed by atoms with Gasteiger partial charge in [-0.1, -0.05) is 35.4 Å². The predicted molar refractivity (Wildman–Crippen MR) is 203 cm³/mol. The Balaban J connectivity index is 1.52. The molecule has 5 rings (SSSR count). The SMILES string of the molecule is Cc1ccc(S(=O)(=O)N2C(=O)C(C)(C)C(N3CCN(C4/C(=N\C(C)(C)C)N(S(=O)(=O)c5ccc(C)cc5)C(=O)C4(C)C)CC3)/C2=N\C(C)(C)C)cc1. The van der Waals surface area contributed by atoms with Gasteiger partial charge < -0.3 is 0 Å². The van der Waals surface area contributed by atoms with Gasteiger partial charge in [-0.05, 0) is 107 Å². The van der Waals surface area contributed by atoms with Crippen LogP contribution >= 0.6 is 0 Å². The van der Waals surface area contributed by atoms with Gasteiger partial charge in [0, 0.05) is 26.2 Å². The fourth-order valence-electron chi connectivity index (χ4n) is 7.32. The maximum Gasteiger partial charge on any atom is 0.271 e. The first-order valence-corrected chi connectivity index (χ1v) is 20.6. The Morgan fingerprint density at radius 3 is 1.08 bits per heavy atom. The molecule has 52 heavy (non-hydrogen) atoms. The van der Waals surface area contributed by atoms with Crippen LogP contribution in [0.3, 0.4) is 0 Å². The van der Waals surface area contributed by atoms with Crippen molar-refractivity contribution in [1.29, 1.82) is 0 Å². The lowest BCUT2D eigenvalue weighted by Crippen LogP contribution is -2.60. The molecular formula is C38H54N6O6S2. The number of amides is 2. The summed E-state index contributed by atoms with van der Waals surface area (Å²) in [7, 11) is -8.57. The molecule has 0 N–H and O–H groups in total. The number of aryl methyl sites for hydroxylation is 2. The van der Waals surface area contributed by atoms with E-state index in [0.717, 1.165) is 19.7 Å². The van der Waals surface area contributed by atoms with E-state index in [9.17, 15) is 26.4 Å². The quantitative estimate of drug-likeness (QED) is 0.407. The Morgan fingerprint density at radius 2 is 0.827 bits per heavy atom. The van der Waals surface area contributed by atoms with Crippen molar-refractivity contribution in [1.82, 2.24) is 18.4 Å². The van der Waals surface area contributed by atoms with Crippen molar-refractivity contribution in [3.05, 3.63) is 59.7 Å². The Hall–Kier alpha value is -3.46. The molecule has 0 saturated carbocycles. The maximum atomic E-state index is 14.2. The predicted octanol–water partition coefficient (Wildman–Crippen LogP) is 4.87. The highest BCUT2D eigenvalue weighted by molar-refractivity contribution is 7.90. The zero-order chi connectivity index (χ0) is 39.0. The second-order valence-electron chi connectivity index (χ2n) is 17.4. The summed E-state index contributed by atoms with van der Waals surface area (Å²) in [6.45, 7) is 23.6. The van der Waals surface area contributed by atoms with Crippen molar-refractivity contribution in [2.24, 2.45) is 20.8 Å². The van der Waals surface area contributed by atoms with E-state index in [2.05, 4.69) is 9.80 Å². The van der Waals surface area contributed by atoms with Crippen molar-refractivity contribution >= 4 is 43.5 Å². The second kappa shape index (κ2) is 13.1. The van der Waals surface area contributed by atoms with Crippen LogP contribution in [0.4, 0.5) is 0 Å². The van der Waals surface area contributed by atoms with Gasteiger partial charge in [0.15, 0.2) is 0 Å². The van der Waals surface area contributed by atoms with Gasteiger partial charge in [0.05, 0.1) is 43.8 Å². The molecule has 3 saturated heterocycles. The van der Waals surface area contributed by atoms with Crippen LogP contribution in [0.2, 0.25) is 0 Å². The van der Waals surface area contributed by atoms with E-state index < -0.39 is 65.9 Å². The first-order valence-electron chi connectivity index (χ1n) is 17.7. The first kappa shape index (κ1) is 39.7. The van der Waals surface area contributed by atoms with E-state index in [0.29, 0.717) is 26.2 Å². The molecule has 0 radical (unpaired) electrons. The van der Waals surface area contributed by atoms with Gasteiger partial charge in [-0.25, -0.2) is 16.8 Å². The van der Waals surface area contributed by atoms with E-state index in [-0.39, 0.29) is 21.5 Å². The van der Waals surface area contributed by atoms with Crippen LogP contribution in [-0.2, 0) is 29.6 Å². The molecule has 2 amide bonds. The number of aliphatic imine (C=N–C) groups is 2. The Labute approximate surface area is 310 Å². The Kier molecular flexibility index (Phi) is 10.0. The lowest BCUT2D eigenvalue weighted by Gasteiger charge is -2.45. The molecule has 0 bridgehead atoms. The normalized spacial score (nSPS) is 25.2. The standard InChI is InChI=1S/C38H54N6O6S2/c1-25-13-17-27(18-14-25)51(47,48)43-31(39-35(3,4)5)29(37(9,10)33(43)45)41-21-23-42(24-22-41)30-32(40-36(6,7)8)44(34(46)38(30,11)12)52(49,50)28-19-15-26(2)16-20-28/h13-20,29-30H,21-24H2,1-12H3/b39-31+,40-32+. The van der Waals surface area contributed by atoms with Crippen molar-refractivity contribution in [2.75, 3.05) is 26.2 Å². The number of benzene rings is 2. The van der Waals surface area contributed by atoms with E-state index in [1.165, 1.54) is 24.3 Å². The summed E-state index contributed by atoms with van der Waals surface area (Å²) in [5, 5.41) is 0. The number of nitrogens with zero attached hydrogens (tertiary/aromatic N) is 6. The van der Waals surface area contributed by atoms with E-state index in [1.807, 2.05) is 55.4 Å². The zero-order valence-electron chi connectivity index (χ0n) is 32.6. The molecule has 3 aliphatic rings. The molecule has 3 fully saturated rings. The number of carbonyl (C=O) groups is 2. The van der Waals surface area contributed by atoms with Crippen LogP contribution in [0.25, 0.3) is 0 Å². The summed E-state index contributed by atoms with van der Waals surface area (Å²) >= 11 is 0. The number of hydrogen-bond donors (Lipinski definition) is 0. The van der Waals surface area contributed by atoms with Gasteiger partial charge in [0.25, 0.3) is 20.0 Å². The maximum absolute atomic E-state index is 14.2. The zero-order valence-corrected chi connectivity index (χ0v) is 34.2. The van der Waals surface area contributed by atoms with Crippen LogP contribution in [0.1, 0.15) is 80.4 Å². The summed E-state index contributed by atoms with van der Waals surface area (Å²) in [6.07, 6.45) is 0. The fraction of sp³-hybridized carbons (Fsp3) is 0.579. The van der Waals surface area contributed by atoms with Crippen molar-refractivity contribution in [2.45, 2.75) is 116 Å². The molecule has 284 valence electrons. The van der Waals surface area contributed by atoms with Gasteiger partial charge >= 0.3 is 0 Å². The summed E-state index contributed by atoms with van der Waals surface area (Å²) < 4.78 is 58.5. The Bertz CT molecular complexity index is 1870. The molecule has 2 unspecified atom stereocenters. The highest BCUT2D eigenvalue weighted by atomic mass is 32.2. The second-order valence-corrected chi connectivity index (χ2v) is 21.0. The van der Waals surface area contributed by atoms with E-state index in [4.69, 9.17) is 9.98 Å². The van der Waals surface area contributed by atoms with Crippen LogP contribution in [0.5, 0.6) is 0 Å². The molecule has 3 heterocycles. The van der Waals surface area contributed by atoms with Crippen molar-refractivity contribution in [3.63, 3.8) is 0 Å². The van der Waals surface area contributed by atoms with Crippen LogP contribution in [-0.4, -0.2) is 108 Å². The number of amidine groups is 2. The molecule has 3 aliphatic heterocycles. The Morgan fingerprint density at radius 1 is 0.558 bits per heavy atom. The lowest BCUT2D eigenvalue weighted by molar-refractivity contribution is -0.133. The average Bonchev–Trinajstić information content (AvgIpc) is 3.32.